The van der Waals surface area contributed by atoms with Crippen LogP contribution in [0, 0.1) is 6.92 Å². The van der Waals surface area contributed by atoms with Gasteiger partial charge in [-0.2, -0.15) is 0 Å². The quantitative estimate of drug-likeness (QED) is 0.300. The minimum absolute atomic E-state index is 0.0403. The van der Waals surface area contributed by atoms with Crippen molar-refractivity contribution in [3.8, 4) is 0 Å². The second-order valence-corrected chi connectivity index (χ2v) is 8.61. The van der Waals surface area contributed by atoms with Crippen LogP contribution in [0.5, 0.6) is 0 Å². The molecule has 0 unspecified atom stereocenters. The van der Waals surface area contributed by atoms with E-state index in [0.29, 0.717) is 39.5 Å². The Morgan fingerprint density at radius 2 is 1.74 bits per heavy atom. The minimum atomic E-state index is -0.315. The molecule has 8 heteroatoms. The van der Waals surface area contributed by atoms with Crippen LogP contribution in [0.25, 0.3) is 10.9 Å². The molecule has 0 saturated carbocycles. The molecule has 4 aromatic rings. The number of nitrogens with zero attached hydrogens (tertiary/aromatic N) is 2. The number of amides is 2. The standard InChI is InChI=1S/C26H24N4O3S/c1-3-30-25(33)20-12-5-7-14-22(20)29-26(30)34-16-23(31)28-21-13-6-4-11-19(21)24(32)27-18-10-8-9-17(2)15-18/h4-15H,3,16H2,1-2H3,(H,27,32)(H,28,31). The lowest BCUT2D eigenvalue weighted by molar-refractivity contribution is -0.113. The lowest BCUT2D eigenvalue weighted by Crippen LogP contribution is -2.24. The maximum Gasteiger partial charge on any atom is 0.262 e. The second kappa shape index (κ2) is 10.4. The van der Waals surface area contributed by atoms with Gasteiger partial charge in [-0.05, 0) is 55.8 Å². The summed E-state index contributed by atoms with van der Waals surface area (Å²) in [5, 5.41) is 6.70. The monoisotopic (exact) mass is 472 g/mol. The van der Waals surface area contributed by atoms with Crippen LogP contribution < -0.4 is 16.2 Å². The molecule has 0 aliphatic carbocycles. The van der Waals surface area contributed by atoms with E-state index in [0.717, 1.165) is 5.56 Å². The van der Waals surface area contributed by atoms with Gasteiger partial charge in [0.1, 0.15) is 0 Å². The molecule has 0 aliphatic heterocycles. The van der Waals surface area contributed by atoms with Crippen molar-refractivity contribution < 1.29 is 9.59 Å². The van der Waals surface area contributed by atoms with Crippen molar-refractivity contribution in [1.29, 1.82) is 0 Å². The molecule has 3 aromatic carbocycles. The molecule has 0 radical (unpaired) electrons. The highest BCUT2D eigenvalue weighted by Crippen LogP contribution is 2.21. The third-order valence-electron chi connectivity index (χ3n) is 5.20. The molecule has 0 bridgehead atoms. The highest BCUT2D eigenvalue weighted by atomic mass is 32.2. The number of nitrogens with one attached hydrogen (secondary N) is 2. The van der Waals surface area contributed by atoms with Crippen LogP contribution >= 0.6 is 11.8 Å². The zero-order chi connectivity index (χ0) is 24.1. The molecule has 2 amide bonds. The predicted octanol–water partition coefficient (Wildman–Crippen LogP) is 4.71. The fourth-order valence-electron chi connectivity index (χ4n) is 3.56. The molecule has 34 heavy (non-hydrogen) atoms. The van der Waals surface area contributed by atoms with E-state index in [4.69, 9.17) is 0 Å². The first-order valence-electron chi connectivity index (χ1n) is 10.9. The lowest BCUT2D eigenvalue weighted by Gasteiger charge is -2.13. The highest BCUT2D eigenvalue weighted by molar-refractivity contribution is 7.99. The summed E-state index contributed by atoms with van der Waals surface area (Å²) in [4.78, 5) is 42.9. The Bertz CT molecular complexity index is 1430. The Labute approximate surface area is 201 Å². The fourth-order valence-corrected chi connectivity index (χ4v) is 4.43. The number of hydrogen-bond donors (Lipinski definition) is 2. The van der Waals surface area contributed by atoms with Gasteiger partial charge in [-0.25, -0.2) is 4.98 Å². The number of carbonyl (C=O) groups is 2. The van der Waals surface area contributed by atoms with Crippen LogP contribution in [0.15, 0.2) is 82.7 Å². The minimum Gasteiger partial charge on any atom is -0.325 e. The molecule has 172 valence electrons. The van der Waals surface area contributed by atoms with Crippen molar-refractivity contribution in [3.05, 3.63) is 94.3 Å². The number of aryl methyl sites for hydroxylation is 1. The van der Waals surface area contributed by atoms with Crippen LogP contribution in [0.4, 0.5) is 11.4 Å². The maximum absolute atomic E-state index is 12.8. The molecule has 1 aromatic heterocycles. The van der Waals surface area contributed by atoms with Crippen LogP contribution in [0.1, 0.15) is 22.8 Å². The van der Waals surface area contributed by atoms with Gasteiger partial charge in [0, 0.05) is 12.2 Å². The van der Waals surface area contributed by atoms with Crippen LogP contribution in [-0.2, 0) is 11.3 Å². The number of thioether (sulfide) groups is 1. The van der Waals surface area contributed by atoms with Gasteiger partial charge in [-0.15, -0.1) is 0 Å². The van der Waals surface area contributed by atoms with Gasteiger partial charge in [0.15, 0.2) is 5.16 Å². The number of benzene rings is 3. The third kappa shape index (κ3) is 5.18. The van der Waals surface area contributed by atoms with Crippen LogP contribution in [-0.4, -0.2) is 27.1 Å². The molecular weight excluding hydrogens is 448 g/mol. The lowest BCUT2D eigenvalue weighted by atomic mass is 10.1. The number of carbonyl (C=O) groups excluding carboxylic acids is 2. The Morgan fingerprint density at radius 1 is 0.971 bits per heavy atom. The summed E-state index contributed by atoms with van der Waals surface area (Å²) < 4.78 is 1.56. The van der Waals surface area contributed by atoms with Crippen molar-refractivity contribution in [2.45, 2.75) is 25.5 Å². The molecule has 1 heterocycles. The number of aromatic nitrogens is 2. The average Bonchev–Trinajstić information content (AvgIpc) is 2.83. The number of para-hydroxylation sites is 2. The van der Waals surface area contributed by atoms with E-state index >= 15 is 0 Å². The molecule has 0 atom stereocenters. The topological polar surface area (TPSA) is 93.1 Å². The van der Waals surface area contributed by atoms with Crippen LogP contribution in [0.2, 0.25) is 0 Å². The summed E-state index contributed by atoms with van der Waals surface area (Å²) in [5.74, 6) is -0.574. The van der Waals surface area contributed by atoms with E-state index in [1.807, 2.05) is 44.2 Å². The summed E-state index contributed by atoms with van der Waals surface area (Å²) in [5.41, 5.74) is 2.95. The first kappa shape index (κ1) is 23.3. The van der Waals surface area contributed by atoms with Gasteiger partial charge in [0.25, 0.3) is 11.5 Å². The highest BCUT2D eigenvalue weighted by Gasteiger charge is 2.16. The smallest absolute Gasteiger partial charge is 0.262 e. The summed E-state index contributed by atoms with van der Waals surface area (Å²) in [6.07, 6.45) is 0. The third-order valence-corrected chi connectivity index (χ3v) is 6.17. The molecule has 0 saturated heterocycles. The Kier molecular flexibility index (Phi) is 7.08. The summed E-state index contributed by atoms with van der Waals surface area (Å²) in [6, 6.07) is 21.5. The number of anilines is 2. The molecule has 2 N–H and O–H groups in total. The van der Waals surface area contributed by atoms with E-state index in [9.17, 15) is 14.4 Å². The van der Waals surface area contributed by atoms with E-state index in [2.05, 4.69) is 15.6 Å². The molecular formula is C26H24N4O3S. The maximum atomic E-state index is 12.8. The number of hydrogen-bond acceptors (Lipinski definition) is 5. The van der Waals surface area contributed by atoms with Crippen molar-refractivity contribution in [3.63, 3.8) is 0 Å². The van der Waals surface area contributed by atoms with Gasteiger partial charge >= 0.3 is 0 Å². The van der Waals surface area contributed by atoms with E-state index in [1.165, 1.54) is 11.8 Å². The first-order valence-corrected chi connectivity index (χ1v) is 11.8. The van der Waals surface area contributed by atoms with Crippen molar-refractivity contribution >= 4 is 45.9 Å². The molecule has 7 nitrogen and oxygen atoms in total. The van der Waals surface area contributed by atoms with Crippen molar-refractivity contribution in [2.75, 3.05) is 16.4 Å². The molecule has 0 fully saturated rings. The van der Waals surface area contributed by atoms with Gasteiger partial charge in [-0.1, -0.05) is 48.2 Å². The normalized spacial score (nSPS) is 10.8. The summed E-state index contributed by atoms with van der Waals surface area (Å²) in [7, 11) is 0. The van der Waals surface area contributed by atoms with E-state index in [-0.39, 0.29) is 23.1 Å². The largest absolute Gasteiger partial charge is 0.325 e. The first-order chi connectivity index (χ1) is 16.5. The zero-order valence-electron chi connectivity index (χ0n) is 18.9. The van der Waals surface area contributed by atoms with E-state index in [1.54, 1.807) is 47.0 Å². The fraction of sp³-hybridized carbons (Fsp3) is 0.154. The molecule has 4 rings (SSSR count). The average molecular weight is 473 g/mol. The second-order valence-electron chi connectivity index (χ2n) is 7.67. The zero-order valence-corrected chi connectivity index (χ0v) is 19.7. The molecule has 0 aliphatic rings. The number of rotatable bonds is 7. The van der Waals surface area contributed by atoms with Crippen molar-refractivity contribution in [1.82, 2.24) is 9.55 Å². The van der Waals surface area contributed by atoms with Gasteiger partial charge < -0.3 is 10.6 Å². The van der Waals surface area contributed by atoms with Gasteiger partial charge in [0.05, 0.1) is 27.9 Å². The Hall–Kier alpha value is -3.91. The number of fused-ring (bicyclic) bond motifs is 1. The van der Waals surface area contributed by atoms with Gasteiger partial charge in [-0.3, -0.25) is 19.0 Å². The summed E-state index contributed by atoms with van der Waals surface area (Å²) >= 11 is 1.19. The predicted molar refractivity (Wildman–Crippen MR) is 137 cm³/mol. The van der Waals surface area contributed by atoms with Gasteiger partial charge in [0.2, 0.25) is 5.91 Å². The van der Waals surface area contributed by atoms with E-state index < -0.39 is 0 Å². The van der Waals surface area contributed by atoms with Crippen LogP contribution in [0.3, 0.4) is 0 Å². The van der Waals surface area contributed by atoms with Crippen molar-refractivity contribution in [2.24, 2.45) is 0 Å². The summed E-state index contributed by atoms with van der Waals surface area (Å²) in [6.45, 7) is 4.26. The Morgan fingerprint density at radius 3 is 2.53 bits per heavy atom. The SMILES string of the molecule is CCn1c(SCC(=O)Nc2ccccc2C(=O)Nc2cccc(C)c2)nc2ccccc2c1=O. The Balaban J connectivity index is 1.48. The molecule has 0 spiro atoms.